The van der Waals surface area contributed by atoms with E-state index < -0.39 is 0 Å². The van der Waals surface area contributed by atoms with Gasteiger partial charge in [0.2, 0.25) is 5.91 Å². The molecule has 6 nitrogen and oxygen atoms in total. The first-order valence-corrected chi connectivity index (χ1v) is 9.58. The summed E-state index contributed by atoms with van der Waals surface area (Å²) in [6.45, 7) is 11.8. The van der Waals surface area contributed by atoms with E-state index in [9.17, 15) is 9.59 Å². The maximum atomic E-state index is 12.9. The fourth-order valence-corrected chi connectivity index (χ4v) is 3.98. The van der Waals surface area contributed by atoms with Crippen molar-refractivity contribution in [1.82, 2.24) is 15.0 Å². The lowest BCUT2D eigenvalue weighted by atomic mass is 9.75. The second-order valence-electron chi connectivity index (χ2n) is 8.78. The predicted octanol–water partition coefficient (Wildman–Crippen LogP) is 3.45. The second kappa shape index (κ2) is 7.33. The zero-order chi connectivity index (χ0) is 19.8. The van der Waals surface area contributed by atoms with Crippen molar-refractivity contribution in [2.24, 2.45) is 11.3 Å². The van der Waals surface area contributed by atoms with Crippen LogP contribution in [0.15, 0.2) is 16.9 Å². The van der Waals surface area contributed by atoms with Crippen molar-refractivity contribution in [2.45, 2.75) is 67.0 Å². The van der Waals surface area contributed by atoms with Crippen LogP contribution in [0.3, 0.4) is 0 Å². The third kappa shape index (κ3) is 4.15. The van der Waals surface area contributed by atoms with Crippen molar-refractivity contribution in [3.05, 3.63) is 40.5 Å². The molecule has 1 N–H and O–H groups in total. The van der Waals surface area contributed by atoms with Gasteiger partial charge in [-0.25, -0.2) is 0 Å². The van der Waals surface area contributed by atoms with Crippen LogP contribution in [-0.2, 0) is 30.7 Å². The molecule has 1 amide bonds. The Bertz CT molecular complexity index is 845. The largest absolute Gasteiger partial charge is 0.364 e. The summed E-state index contributed by atoms with van der Waals surface area (Å²) in [5.41, 5.74) is 4.43. The summed E-state index contributed by atoms with van der Waals surface area (Å²) >= 11 is 0. The summed E-state index contributed by atoms with van der Waals surface area (Å²) < 4.78 is 7.05. The van der Waals surface area contributed by atoms with E-state index in [1.54, 1.807) is 6.07 Å². The first-order valence-electron chi connectivity index (χ1n) is 9.58. The van der Waals surface area contributed by atoms with Gasteiger partial charge in [0.15, 0.2) is 5.78 Å². The van der Waals surface area contributed by atoms with Crippen LogP contribution < -0.4 is 5.32 Å². The Morgan fingerprint density at radius 3 is 2.74 bits per heavy atom. The highest BCUT2D eigenvalue weighted by Gasteiger charge is 2.37. The molecule has 1 aliphatic rings. The van der Waals surface area contributed by atoms with Gasteiger partial charge in [0.25, 0.3) is 0 Å². The summed E-state index contributed by atoms with van der Waals surface area (Å²) in [6, 6.07) is 1.72. The van der Waals surface area contributed by atoms with E-state index in [4.69, 9.17) is 4.52 Å². The smallest absolute Gasteiger partial charge is 0.224 e. The van der Waals surface area contributed by atoms with E-state index >= 15 is 0 Å². The first kappa shape index (κ1) is 19.4. The van der Waals surface area contributed by atoms with E-state index in [0.717, 1.165) is 35.5 Å². The average molecular weight is 371 g/mol. The summed E-state index contributed by atoms with van der Waals surface area (Å²) in [5, 5.41) is 6.67. The molecule has 0 unspecified atom stereocenters. The molecule has 0 spiro atoms. The van der Waals surface area contributed by atoms with Crippen LogP contribution >= 0.6 is 0 Å². The van der Waals surface area contributed by atoms with Crippen molar-refractivity contribution in [2.75, 3.05) is 0 Å². The van der Waals surface area contributed by atoms with Crippen LogP contribution in [0.5, 0.6) is 0 Å². The van der Waals surface area contributed by atoms with Gasteiger partial charge in [-0.3, -0.25) is 9.59 Å². The quantitative estimate of drug-likeness (QED) is 0.844. The number of hydrogen-bond donors (Lipinski definition) is 1. The highest BCUT2D eigenvalue weighted by atomic mass is 16.5. The van der Waals surface area contributed by atoms with Gasteiger partial charge >= 0.3 is 0 Å². The monoisotopic (exact) mass is 371 g/mol. The molecule has 2 aromatic heterocycles. The van der Waals surface area contributed by atoms with E-state index in [1.807, 2.05) is 6.92 Å². The first-order chi connectivity index (χ1) is 12.7. The Balaban J connectivity index is 1.89. The molecular weight excluding hydrogens is 342 g/mol. The van der Waals surface area contributed by atoms with Gasteiger partial charge in [-0.05, 0) is 30.2 Å². The molecule has 146 valence electrons. The van der Waals surface area contributed by atoms with Crippen molar-refractivity contribution >= 4 is 11.7 Å². The number of fused-ring (bicyclic) bond motifs is 1. The average Bonchev–Trinajstić information content (AvgIpc) is 3.14. The van der Waals surface area contributed by atoms with Gasteiger partial charge in [0.05, 0.1) is 13.0 Å². The molecule has 0 saturated heterocycles. The number of ketones is 1. The number of nitrogens with zero attached hydrogens (tertiary/aromatic N) is 2. The van der Waals surface area contributed by atoms with Crippen LogP contribution in [0.1, 0.15) is 67.1 Å². The van der Waals surface area contributed by atoms with E-state index in [0.29, 0.717) is 24.6 Å². The molecule has 1 aliphatic carbocycles. The standard InChI is InChI=1S/C21H29N3O3/c1-13(2)12-24-14(3)16(8-19(26)22-11-15-6-7-27-23-15)20-17(24)9-21(4,5)10-18(20)25/h6-7,13H,8-12H2,1-5H3,(H,22,26). The maximum Gasteiger partial charge on any atom is 0.224 e. The van der Waals surface area contributed by atoms with Gasteiger partial charge in [0.1, 0.15) is 12.0 Å². The number of aromatic nitrogens is 2. The third-order valence-corrected chi connectivity index (χ3v) is 5.16. The van der Waals surface area contributed by atoms with Crippen molar-refractivity contribution in [3.63, 3.8) is 0 Å². The Morgan fingerprint density at radius 2 is 2.11 bits per heavy atom. The normalized spacial score (nSPS) is 15.9. The SMILES string of the molecule is Cc1c(CC(=O)NCc2ccon2)c2c(n1CC(C)C)CC(C)(C)CC2=O. The Kier molecular flexibility index (Phi) is 5.27. The molecule has 3 rings (SSSR count). The molecule has 0 atom stereocenters. The number of nitrogens with one attached hydrogen (secondary N) is 1. The Labute approximate surface area is 160 Å². The minimum Gasteiger partial charge on any atom is -0.364 e. The summed E-state index contributed by atoms with van der Waals surface area (Å²) in [4.78, 5) is 25.5. The zero-order valence-corrected chi connectivity index (χ0v) is 16.9. The van der Waals surface area contributed by atoms with Gasteiger partial charge < -0.3 is 14.4 Å². The molecule has 2 aromatic rings. The Hall–Kier alpha value is -2.37. The molecular formula is C21H29N3O3. The lowest BCUT2D eigenvalue weighted by molar-refractivity contribution is -0.120. The van der Waals surface area contributed by atoms with Gasteiger partial charge in [-0.1, -0.05) is 32.9 Å². The van der Waals surface area contributed by atoms with E-state index in [1.165, 1.54) is 6.26 Å². The number of Topliss-reactive ketones (excluding diaryl/α,β-unsaturated/α-hetero) is 1. The molecule has 6 heteroatoms. The summed E-state index contributed by atoms with van der Waals surface area (Å²) in [7, 11) is 0. The molecule has 0 radical (unpaired) electrons. The Morgan fingerprint density at radius 1 is 1.37 bits per heavy atom. The zero-order valence-electron chi connectivity index (χ0n) is 16.9. The van der Waals surface area contributed by atoms with Gasteiger partial charge in [-0.2, -0.15) is 0 Å². The fourth-order valence-electron chi connectivity index (χ4n) is 3.98. The van der Waals surface area contributed by atoms with Gasteiger partial charge in [-0.15, -0.1) is 0 Å². The number of amides is 1. The molecule has 0 aromatic carbocycles. The van der Waals surface area contributed by atoms with Crippen LogP contribution in [0, 0.1) is 18.3 Å². The van der Waals surface area contributed by atoms with Crippen LogP contribution in [-0.4, -0.2) is 21.4 Å². The van der Waals surface area contributed by atoms with E-state index in [2.05, 4.69) is 42.7 Å². The van der Waals surface area contributed by atoms with Crippen molar-refractivity contribution < 1.29 is 14.1 Å². The van der Waals surface area contributed by atoms with Crippen LogP contribution in [0.25, 0.3) is 0 Å². The van der Waals surface area contributed by atoms with Crippen molar-refractivity contribution in [1.29, 1.82) is 0 Å². The summed E-state index contributed by atoms with van der Waals surface area (Å²) in [6.07, 6.45) is 3.08. The number of carbonyl (C=O) groups excluding carboxylic acids is 2. The number of carbonyl (C=O) groups is 2. The van der Waals surface area contributed by atoms with Crippen molar-refractivity contribution in [3.8, 4) is 0 Å². The van der Waals surface area contributed by atoms with Crippen LogP contribution in [0.2, 0.25) is 0 Å². The molecule has 0 saturated carbocycles. The highest BCUT2D eigenvalue weighted by Crippen LogP contribution is 2.39. The van der Waals surface area contributed by atoms with Gasteiger partial charge in [0, 0.05) is 36.0 Å². The molecule has 0 fully saturated rings. The maximum absolute atomic E-state index is 12.9. The summed E-state index contributed by atoms with van der Waals surface area (Å²) in [5.74, 6) is 0.517. The number of rotatable bonds is 6. The van der Waals surface area contributed by atoms with E-state index in [-0.39, 0.29) is 23.5 Å². The number of hydrogen-bond acceptors (Lipinski definition) is 4. The topological polar surface area (TPSA) is 77.1 Å². The minimum absolute atomic E-state index is 0.0455. The lowest BCUT2D eigenvalue weighted by Gasteiger charge is -2.30. The second-order valence-corrected chi connectivity index (χ2v) is 8.78. The predicted molar refractivity (Wildman–Crippen MR) is 102 cm³/mol. The lowest BCUT2D eigenvalue weighted by Crippen LogP contribution is -2.29. The highest BCUT2D eigenvalue weighted by molar-refractivity contribution is 6.01. The molecule has 27 heavy (non-hydrogen) atoms. The molecule has 0 aliphatic heterocycles. The molecule has 0 bridgehead atoms. The fraction of sp³-hybridized carbons (Fsp3) is 0.571. The molecule has 2 heterocycles. The van der Waals surface area contributed by atoms with Crippen LogP contribution in [0.4, 0.5) is 0 Å². The third-order valence-electron chi connectivity index (χ3n) is 5.16. The minimum atomic E-state index is -0.108.